The predicted octanol–water partition coefficient (Wildman–Crippen LogP) is 2.30. The van der Waals surface area contributed by atoms with Gasteiger partial charge in [0.15, 0.2) is 5.82 Å². The fraction of sp³-hybridized carbons (Fsp3) is 0.615. The predicted molar refractivity (Wildman–Crippen MR) is 79.9 cm³/mol. The molecule has 0 aliphatic heterocycles. The first-order valence-electron chi connectivity index (χ1n) is 6.31. The summed E-state index contributed by atoms with van der Waals surface area (Å²) in [5, 5.41) is 9.11. The number of esters is 1. The third-order valence-electron chi connectivity index (χ3n) is 2.31. The highest BCUT2D eigenvalue weighted by Crippen LogP contribution is 2.14. The Kier molecular flexibility index (Phi) is 5.62. The summed E-state index contributed by atoms with van der Waals surface area (Å²) >= 11 is 1.60. The Bertz CT molecular complexity index is 479. The summed E-state index contributed by atoms with van der Waals surface area (Å²) in [7, 11) is 0. The van der Waals surface area contributed by atoms with Crippen LogP contribution in [0.1, 0.15) is 38.2 Å². The van der Waals surface area contributed by atoms with Gasteiger partial charge in [-0.15, -0.1) is 0 Å². The van der Waals surface area contributed by atoms with Crippen LogP contribution in [0.15, 0.2) is 6.07 Å². The third kappa shape index (κ3) is 5.24. The number of nitrogens with zero attached hydrogens (tertiary/aromatic N) is 1. The monoisotopic (exact) mass is 299 g/mol. The minimum atomic E-state index is -0.571. The highest BCUT2D eigenvalue weighted by molar-refractivity contribution is 7.98. The van der Waals surface area contributed by atoms with E-state index in [1.807, 2.05) is 13.2 Å². The van der Waals surface area contributed by atoms with E-state index >= 15 is 0 Å². The molecule has 7 heteroatoms. The first-order valence-corrected chi connectivity index (χ1v) is 7.71. The van der Waals surface area contributed by atoms with Crippen molar-refractivity contribution in [1.29, 1.82) is 0 Å². The van der Waals surface area contributed by atoms with Crippen molar-refractivity contribution in [3.05, 3.63) is 11.8 Å². The topological polar surface area (TPSA) is 84.1 Å². The minimum Gasteiger partial charge on any atom is -0.455 e. The van der Waals surface area contributed by atoms with Gasteiger partial charge >= 0.3 is 5.97 Å². The van der Waals surface area contributed by atoms with Crippen LogP contribution in [0, 0.1) is 5.92 Å². The van der Waals surface area contributed by atoms with Crippen LogP contribution in [-0.2, 0) is 9.53 Å². The number of thioether (sulfide) groups is 1. The first kappa shape index (κ1) is 16.6. The van der Waals surface area contributed by atoms with Crippen molar-refractivity contribution in [3.8, 4) is 0 Å². The van der Waals surface area contributed by atoms with E-state index in [-0.39, 0.29) is 17.5 Å². The summed E-state index contributed by atoms with van der Waals surface area (Å²) in [5.74, 6) is 0.314. The van der Waals surface area contributed by atoms with Crippen molar-refractivity contribution in [1.82, 2.24) is 10.2 Å². The van der Waals surface area contributed by atoms with Gasteiger partial charge in [0.1, 0.15) is 11.3 Å². The van der Waals surface area contributed by atoms with Gasteiger partial charge in [-0.2, -0.15) is 16.9 Å². The zero-order valence-corrected chi connectivity index (χ0v) is 13.3. The molecular formula is C13H21N3O3S. The van der Waals surface area contributed by atoms with E-state index in [1.165, 1.54) is 6.07 Å². The average molecular weight is 299 g/mol. The molecule has 6 nitrogen and oxygen atoms in total. The van der Waals surface area contributed by atoms with Crippen molar-refractivity contribution in [2.24, 2.45) is 5.92 Å². The Morgan fingerprint density at radius 1 is 1.50 bits per heavy atom. The average Bonchev–Trinajstić information content (AvgIpc) is 2.75. The fourth-order valence-electron chi connectivity index (χ4n) is 1.40. The third-order valence-corrected chi connectivity index (χ3v) is 3.15. The molecule has 1 amide bonds. The SMILES string of the molecule is CSCC(C)C(=O)Nc1cc(C(=O)OC(C)(C)C)[nH]n1. The van der Waals surface area contributed by atoms with Crippen LogP contribution in [0.5, 0.6) is 0 Å². The Balaban J connectivity index is 2.64. The molecule has 112 valence electrons. The van der Waals surface area contributed by atoms with Gasteiger partial charge < -0.3 is 10.1 Å². The van der Waals surface area contributed by atoms with Gasteiger partial charge in [-0.05, 0) is 27.0 Å². The van der Waals surface area contributed by atoms with Crippen molar-refractivity contribution in [3.63, 3.8) is 0 Å². The second-order valence-electron chi connectivity index (χ2n) is 5.51. The molecule has 1 aromatic heterocycles. The molecule has 1 heterocycles. The molecule has 0 spiro atoms. The molecule has 0 saturated carbocycles. The molecule has 1 aromatic rings. The van der Waals surface area contributed by atoms with Gasteiger partial charge in [0, 0.05) is 17.7 Å². The molecule has 0 aliphatic carbocycles. The van der Waals surface area contributed by atoms with Gasteiger partial charge in [-0.1, -0.05) is 6.92 Å². The number of anilines is 1. The number of hydrogen-bond acceptors (Lipinski definition) is 5. The van der Waals surface area contributed by atoms with Gasteiger partial charge in [0.2, 0.25) is 5.91 Å². The quantitative estimate of drug-likeness (QED) is 0.815. The normalized spacial score (nSPS) is 12.8. The van der Waals surface area contributed by atoms with Crippen LogP contribution in [0.4, 0.5) is 5.82 Å². The molecule has 0 bridgehead atoms. The standard InChI is InChI=1S/C13H21N3O3S/c1-8(7-20-5)11(17)14-10-6-9(15-16-10)12(18)19-13(2,3)4/h6,8H,7H2,1-5H3,(H2,14,15,16,17). The van der Waals surface area contributed by atoms with Gasteiger partial charge in [-0.25, -0.2) is 4.79 Å². The van der Waals surface area contributed by atoms with Gasteiger partial charge in [0.25, 0.3) is 0 Å². The molecular weight excluding hydrogens is 278 g/mol. The van der Waals surface area contributed by atoms with Crippen LogP contribution in [0.3, 0.4) is 0 Å². The van der Waals surface area contributed by atoms with E-state index in [1.54, 1.807) is 32.5 Å². The van der Waals surface area contributed by atoms with Crippen LogP contribution >= 0.6 is 11.8 Å². The van der Waals surface area contributed by atoms with Crippen molar-refractivity contribution in [2.75, 3.05) is 17.3 Å². The number of amides is 1. The highest BCUT2D eigenvalue weighted by Gasteiger charge is 2.20. The molecule has 20 heavy (non-hydrogen) atoms. The molecule has 1 unspecified atom stereocenters. The number of H-pyrrole nitrogens is 1. The number of ether oxygens (including phenoxy) is 1. The van der Waals surface area contributed by atoms with Crippen LogP contribution in [0.25, 0.3) is 0 Å². The molecule has 0 radical (unpaired) electrons. The van der Waals surface area contributed by atoms with Crippen molar-refractivity contribution < 1.29 is 14.3 Å². The van der Waals surface area contributed by atoms with Gasteiger partial charge in [-0.3, -0.25) is 9.89 Å². The number of hydrogen-bond donors (Lipinski definition) is 2. The summed E-state index contributed by atoms with van der Waals surface area (Å²) < 4.78 is 5.20. The van der Waals surface area contributed by atoms with E-state index < -0.39 is 11.6 Å². The number of nitrogens with one attached hydrogen (secondary N) is 2. The highest BCUT2D eigenvalue weighted by atomic mass is 32.2. The lowest BCUT2D eigenvalue weighted by molar-refractivity contribution is -0.118. The minimum absolute atomic E-state index is 0.119. The zero-order valence-electron chi connectivity index (χ0n) is 12.4. The van der Waals surface area contributed by atoms with E-state index in [0.29, 0.717) is 5.82 Å². The second-order valence-corrected chi connectivity index (χ2v) is 6.43. The molecule has 2 N–H and O–H groups in total. The Hall–Kier alpha value is -1.50. The van der Waals surface area contributed by atoms with E-state index in [2.05, 4.69) is 15.5 Å². The van der Waals surface area contributed by atoms with Crippen LogP contribution in [-0.4, -0.2) is 39.7 Å². The maximum Gasteiger partial charge on any atom is 0.356 e. The summed E-state index contributed by atoms with van der Waals surface area (Å²) in [6.45, 7) is 7.20. The summed E-state index contributed by atoms with van der Waals surface area (Å²) in [4.78, 5) is 23.6. The van der Waals surface area contributed by atoms with Crippen molar-refractivity contribution in [2.45, 2.75) is 33.3 Å². The second kappa shape index (κ2) is 6.78. The van der Waals surface area contributed by atoms with E-state index in [0.717, 1.165) is 5.75 Å². The summed E-state index contributed by atoms with van der Waals surface area (Å²) in [6.07, 6.45) is 1.94. The molecule has 1 rings (SSSR count). The largest absolute Gasteiger partial charge is 0.455 e. The van der Waals surface area contributed by atoms with E-state index in [9.17, 15) is 9.59 Å². The first-order chi connectivity index (χ1) is 9.23. The Labute approximate surface area is 123 Å². The van der Waals surface area contributed by atoms with Gasteiger partial charge in [0.05, 0.1) is 0 Å². The molecule has 0 aromatic carbocycles. The van der Waals surface area contributed by atoms with Crippen LogP contribution in [0.2, 0.25) is 0 Å². The lowest BCUT2D eigenvalue weighted by Gasteiger charge is -2.18. The Morgan fingerprint density at radius 2 is 2.15 bits per heavy atom. The summed E-state index contributed by atoms with van der Waals surface area (Å²) in [6, 6.07) is 1.47. The Morgan fingerprint density at radius 3 is 2.70 bits per heavy atom. The van der Waals surface area contributed by atoms with E-state index in [4.69, 9.17) is 4.74 Å². The maximum absolute atomic E-state index is 11.8. The number of carbonyl (C=O) groups excluding carboxylic acids is 2. The smallest absolute Gasteiger partial charge is 0.356 e. The number of aromatic nitrogens is 2. The van der Waals surface area contributed by atoms with Crippen LogP contribution < -0.4 is 5.32 Å². The number of rotatable bonds is 5. The summed E-state index contributed by atoms with van der Waals surface area (Å²) in [5.41, 5.74) is -0.355. The maximum atomic E-state index is 11.8. The fourth-order valence-corrected chi connectivity index (χ4v) is 2.05. The molecule has 0 aliphatic rings. The number of aromatic amines is 1. The molecule has 0 saturated heterocycles. The van der Waals surface area contributed by atoms with Crippen molar-refractivity contribution >= 4 is 29.5 Å². The zero-order chi connectivity index (χ0) is 15.3. The number of carbonyl (C=O) groups is 2. The molecule has 1 atom stereocenters. The lowest BCUT2D eigenvalue weighted by atomic mass is 10.2. The molecule has 0 fully saturated rings. The lowest BCUT2D eigenvalue weighted by Crippen LogP contribution is -2.24.